The van der Waals surface area contributed by atoms with Crippen molar-refractivity contribution < 1.29 is 13.2 Å². The van der Waals surface area contributed by atoms with Crippen molar-refractivity contribution in [3.8, 4) is 0 Å². The summed E-state index contributed by atoms with van der Waals surface area (Å²) in [5, 5.41) is 0. The maximum absolute atomic E-state index is 11.7. The second-order valence-corrected chi connectivity index (χ2v) is 7.40. The van der Waals surface area contributed by atoms with E-state index in [2.05, 4.69) is 0 Å². The van der Waals surface area contributed by atoms with E-state index in [4.69, 9.17) is 0 Å². The van der Waals surface area contributed by atoms with Gasteiger partial charge in [-0.25, -0.2) is 8.42 Å². The summed E-state index contributed by atoms with van der Waals surface area (Å²) < 4.78 is 22.3. The predicted molar refractivity (Wildman–Crippen MR) is 59.6 cm³/mol. The van der Waals surface area contributed by atoms with Gasteiger partial charge in [0.2, 0.25) is 0 Å². The van der Waals surface area contributed by atoms with Crippen molar-refractivity contribution in [1.29, 1.82) is 0 Å². The zero-order valence-corrected chi connectivity index (χ0v) is 10.4. The topological polar surface area (TPSA) is 54.5 Å². The first-order valence-corrected chi connectivity index (χ1v) is 6.99. The van der Waals surface area contributed by atoms with E-state index in [1.807, 2.05) is 25.7 Å². The maximum atomic E-state index is 11.7. The zero-order valence-electron chi connectivity index (χ0n) is 9.62. The molecule has 0 N–H and O–H groups in total. The van der Waals surface area contributed by atoms with Crippen LogP contribution in [0.25, 0.3) is 0 Å². The van der Waals surface area contributed by atoms with Gasteiger partial charge in [0.05, 0.1) is 18.1 Å². The molecule has 0 atom stereocenters. The zero-order chi connectivity index (χ0) is 11.7. The molecule has 0 unspecified atom stereocenters. The molecule has 1 rings (SSSR count). The number of carbonyl (C=O) groups is 1. The van der Waals surface area contributed by atoms with E-state index in [0.29, 0.717) is 19.6 Å². The number of ketones is 1. The lowest BCUT2D eigenvalue weighted by Crippen LogP contribution is -2.44. The van der Waals surface area contributed by atoms with Crippen LogP contribution in [-0.4, -0.2) is 50.2 Å². The third kappa shape index (κ3) is 3.91. The van der Waals surface area contributed by atoms with E-state index in [-0.39, 0.29) is 22.7 Å². The number of hydrogen-bond acceptors (Lipinski definition) is 4. The summed E-state index contributed by atoms with van der Waals surface area (Å²) in [6.45, 7) is 7.01. The summed E-state index contributed by atoms with van der Waals surface area (Å²) in [5.74, 6) is 0.538. The summed E-state index contributed by atoms with van der Waals surface area (Å²) in [7, 11) is -2.84. The van der Waals surface area contributed by atoms with Crippen LogP contribution in [0.4, 0.5) is 0 Å². The molecule has 0 aromatic rings. The Labute approximate surface area is 91.6 Å². The molecule has 88 valence electrons. The van der Waals surface area contributed by atoms with Crippen LogP contribution in [0.5, 0.6) is 0 Å². The van der Waals surface area contributed by atoms with Crippen molar-refractivity contribution in [2.24, 2.45) is 5.41 Å². The molecule has 1 heterocycles. The average Bonchev–Trinajstić information content (AvgIpc) is 2.07. The standard InChI is InChI=1S/C10H19NO3S/c1-10(2,3)9(12)8-11-4-6-15(13,14)7-5-11/h4-8H2,1-3H3. The SMILES string of the molecule is CC(C)(C)C(=O)CN1CCS(=O)(=O)CC1. The summed E-state index contributed by atoms with van der Waals surface area (Å²) in [6, 6.07) is 0. The monoisotopic (exact) mass is 233 g/mol. The highest BCUT2D eigenvalue weighted by Crippen LogP contribution is 2.16. The molecule has 0 amide bonds. The second-order valence-electron chi connectivity index (χ2n) is 5.10. The lowest BCUT2D eigenvalue weighted by Gasteiger charge is -2.28. The molecule has 4 nitrogen and oxygen atoms in total. The molecule has 1 fully saturated rings. The Kier molecular flexibility index (Phi) is 3.55. The molecule has 1 aliphatic rings. The highest BCUT2D eigenvalue weighted by Gasteiger charge is 2.27. The van der Waals surface area contributed by atoms with Crippen LogP contribution in [0.3, 0.4) is 0 Å². The summed E-state index contributed by atoms with van der Waals surface area (Å²) >= 11 is 0. The molecule has 15 heavy (non-hydrogen) atoms. The molecule has 0 aromatic carbocycles. The quantitative estimate of drug-likeness (QED) is 0.690. The number of hydrogen-bond donors (Lipinski definition) is 0. The van der Waals surface area contributed by atoms with Gasteiger partial charge in [0.25, 0.3) is 0 Å². The van der Waals surface area contributed by atoms with Crippen molar-refractivity contribution >= 4 is 15.6 Å². The largest absolute Gasteiger partial charge is 0.298 e. The lowest BCUT2D eigenvalue weighted by atomic mass is 9.90. The van der Waals surface area contributed by atoms with Gasteiger partial charge in [-0.05, 0) is 0 Å². The van der Waals surface area contributed by atoms with Gasteiger partial charge in [0, 0.05) is 18.5 Å². The van der Waals surface area contributed by atoms with Crippen LogP contribution in [0, 0.1) is 5.41 Å². The number of Topliss-reactive ketones (excluding diaryl/α,β-unsaturated/α-hetero) is 1. The van der Waals surface area contributed by atoms with Crippen LogP contribution < -0.4 is 0 Å². The van der Waals surface area contributed by atoms with Crippen LogP contribution in [0.2, 0.25) is 0 Å². The Hall–Kier alpha value is -0.420. The van der Waals surface area contributed by atoms with Crippen molar-refractivity contribution in [2.45, 2.75) is 20.8 Å². The van der Waals surface area contributed by atoms with Gasteiger partial charge in [-0.3, -0.25) is 9.69 Å². The van der Waals surface area contributed by atoms with Gasteiger partial charge in [0.15, 0.2) is 15.6 Å². The molecule has 0 aliphatic carbocycles. The van der Waals surface area contributed by atoms with Gasteiger partial charge < -0.3 is 0 Å². The lowest BCUT2D eigenvalue weighted by molar-refractivity contribution is -0.127. The number of nitrogens with zero attached hydrogens (tertiary/aromatic N) is 1. The normalized spacial score (nSPS) is 22.6. The van der Waals surface area contributed by atoms with Crippen LogP contribution in [-0.2, 0) is 14.6 Å². The fraction of sp³-hybridized carbons (Fsp3) is 0.900. The third-order valence-electron chi connectivity index (χ3n) is 2.64. The summed E-state index contributed by atoms with van der Waals surface area (Å²) in [5.41, 5.74) is -0.337. The van der Waals surface area contributed by atoms with Crippen LogP contribution >= 0.6 is 0 Å². The molecule has 0 saturated carbocycles. The van der Waals surface area contributed by atoms with E-state index in [1.165, 1.54) is 0 Å². The number of sulfone groups is 1. The molecular weight excluding hydrogens is 214 g/mol. The van der Waals surface area contributed by atoms with Crippen LogP contribution in [0.1, 0.15) is 20.8 Å². The van der Waals surface area contributed by atoms with E-state index in [9.17, 15) is 13.2 Å². The molecule has 1 aliphatic heterocycles. The van der Waals surface area contributed by atoms with E-state index in [0.717, 1.165) is 0 Å². The first-order chi connectivity index (χ1) is 6.71. The first-order valence-electron chi connectivity index (χ1n) is 5.17. The van der Waals surface area contributed by atoms with Crippen molar-refractivity contribution in [3.63, 3.8) is 0 Å². The highest BCUT2D eigenvalue weighted by atomic mass is 32.2. The maximum Gasteiger partial charge on any atom is 0.152 e. The smallest absolute Gasteiger partial charge is 0.152 e. The predicted octanol–water partition coefficient (Wildman–Crippen LogP) is 0.332. The van der Waals surface area contributed by atoms with E-state index < -0.39 is 9.84 Å². The van der Waals surface area contributed by atoms with E-state index in [1.54, 1.807) is 0 Å². The third-order valence-corrected chi connectivity index (χ3v) is 4.25. The van der Waals surface area contributed by atoms with Crippen molar-refractivity contribution in [2.75, 3.05) is 31.1 Å². The molecular formula is C10H19NO3S. The minimum atomic E-state index is -2.84. The van der Waals surface area contributed by atoms with E-state index >= 15 is 0 Å². The van der Waals surface area contributed by atoms with Gasteiger partial charge in [-0.15, -0.1) is 0 Å². The Balaban J connectivity index is 2.47. The molecule has 0 spiro atoms. The van der Waals surface area contributed by atoms with Crippen LogP contribution in [0.15, 0.2) is 0 Å². The average molecular weight is 233 g/mol. The van der Waals surface area contributed by atoms with Gasteiger partial charge >= 0.3 is 0 Å². The number of rotatable bonds is 2. The Bertz CT molecular complexity index is 326. The van der Waals surface area contributed by atoms with Gasteiger partial charge in [-0.1, -0.05) is 20.8 Å². The van der Waals surface area contributed by atoms with Gasteiger partial charge in [0.1, 0.15) is 0 Å². The fourth-order valence-electron chi connectivity index (χ4n) is 1.35. The van der Waals surface area contributed by atoms with Crippen molar-refractivity contribution in [1.82, 2.24) is 4.90 Å². The molecule has 0 aromatic heterocycles. The summed E-state index contributed by atoms with van der Waals surface area (Å²) in [4.78, 5) is 13.6. The highest BCUT2D eigenvalue weighted by molar-refractivity contribution is 7.91. The Morgan fingerprint density at radius 3 is 2.07 bits per heavy atom. The Morgan fingerprint density at radius 1 is 1.20 bits per heavy atom. The van der Waals surface area contributed by atoms with Crippen molar-refractivity contribution in [3.05, 3.63) is 0 Å². The first kappa shape index (κ1) is 12.6. The molecule has 0 bridgehead atoms. The molecule has 5 heteroatoms. The number of carbonyl (C=O) groups excluding carboxylic acids is 1. The minimum Gasteiger partial charge on any atom is -0.298 e. The fourth-order valence-corrected chi connectivity index (χ4v) is 2.63. The Morgan fingerprint density at radius 2 is 1.67 bits per heavy atom. The van der Waals surface area contributed by atoms with Gasteiger partial charge in [-0.2, -0.15) is 0 Å². The molecule has 1 saturated heterocycles. The summed E-state index contributed by atoms with van der Waals surface area (Å²) in [6.07, 6.45) is 0. The molecule has 0 radical (unpaired) electrons. The second kappa shape index (κ2) is 4.22. The minimum absolute atomic E-state index is 0.168.